The molecule has 0 fully saturated rings. The van der Waals surface area contributed by atoms with Gasteiger partial charge < -0.3 is 20.9 Å². The summed E-state index contributed by atoms with van der Waals surface area (Å²) in [5.41, 5.74) is 12.4. The second-order valence-electron chi connectivity index (χ2n) is 4.83. The molecule has 0 bridgehead atoms. The van der Waals surface area contributed by atoms with E-state index in [4.69, 9.17) is 20.9 Å². The van der Waals surface area contributed by atoms with E-state index in [0.29, 0.717) is 11.5 Å². The molecule has 118 valence electrons. The van der Waals surface area contributed by atoms with Crippen molar-refractivity contribution in [1.82, 2.24) is 0 Å². The highest BCUT2D eigenvalue weighted by atomic mass is 19.1. The molecule has 2 unspecified atom stereocenters. The molecule has 2 aromatic rings. The minimum atomic E-state index is -0.895. The number of ether oxygens (including phenoxy) is 2. The highest BCUT2D eigenvalue weighted by Gasteiger charge is 2.23. The zero-order valence-electron chi connectivity index (χ0n) is 12.3. The van der Waals surface area contributed by atoms with Crippen LogP contribution in [0.25, 0.3) is 0 Å². The second-order valence-corrected chi connectivity index (χ2v) is 4.83. The lowest BCUT2D eigenvalue weighted by Gasteiger charge is -2.22. The number of methoxy groups -OCH3 is 2. The quantitative estimate of drug-likeness (QED) is 0.891. The van der Waals surface area contributed by atoms with E-state index in [-0.39, 0.29) is 11.1 Å². The zero-order valence-corrected chi connectivity index (χ0v) is 12.3. The third-order valence-corrected chi connectivity index (χ3v) is 3.52. The number of rotatable bonds is 5. The fraction of sp³-hybridized carbons (Fsp3) is 0.250. The summed E-state index contributed by atoms with van der Waals surface area (Å²) in [5, 5.41) is 0. The van der Waals surface area contributed by atoms with Gasteiger partial charge in [-0.2, -0.15) is 0 Å². The van der Waals surface area contributed by atoms with Gasteiger partial charge >= 0.3 is 0 Å². The van der Waals surface area contributed by atoms with Crippen molar-refractivity contribution in [3.8, 4) is 11.5 Å². The predicted molar refractivity (Wildman–Crippen MR) is 79.8 cm³/mol. The normalized spacial score (nSPS) is 13.5. The van der Waals surface area contributed by atoms with Crippen molar-refractivity contribution in [3.05, 3.63) is 59.2 Å². The molecule has 0 radical (unpaired) electrons. The average molecular weight is 308 g/mol. The summed E-state index contributed by atoms with van der Waals surface area (Å²) in [4.78, 5) is 0. The monoisotopic (exact) mass is 308 g/mol. The maximum absolute atomic E-state index is 14.1. The van der Waals surface area contributed by atoms with E-state index >= 15 is 0 Å². The number of halogens is 2. The Morgan fingerprint density at radius 2 is 1.14 bits per heavy atom. The zero-order chi connectivity index (χ0) is 16.3. The Morgan fingerprint density at radius 1 is 0.773 bits per heavy atom. The van der Waals surface area contributed by atoms with Gasteiger partial charge in [0.25, 0.3) is 0 Å². The molecule has 2 atom stereocenters. The lowest BCUT2D eigenvalue weighted by molar-refractivity contribution is 0.407. The molecule has 0 saturated carbocycles. The number of nitrogens with two attached hydrogens (primary N) is 2. The van der Waals surface area contributed by atoms with Gasteiger partial charge in [0, 0.05) is 23.3 Å². The van der Waals surface area contributed by atoms with E-state index in [1.807, 2.05) is 0 Å². The Kier molecular flexibility index (Phi) is 4.95. The van der Waals surface area contributed by atoms with Crippen LogP contribution < -0.4 is 20.9 Å². The molecule has 0 saturated heterocycles. The molecule has 0 aliphatic rings. The van der Waals surface area contributed by atoms with Crippen molar-refractivity contribution in [2.75, 3.05) is 14.2 Å². The van der Waals surface area contributed by atoms with Crippen LogP contribution in [0.1, 0.15) is 23.2 Å². The molecule has 22 heavy (non-hydrogen) atoms. The lowest BCUT2D eigenvalue weighted by Crippen LogP contribution is -2.28. The summed E-state index contributed by atoms with van der Waals surface area (Å²) in [6.45, 7) is 0. The minimum Gasteiger partial charge on any atom is -0.497 e. The summed E-state index contributed by atoms with van der Waals surface area (Å²) in [7, 11) is 2.87. The van der Waals surface area contributed by atoms with E-state index in [1.54, 1.807) is 12.1 Å². The standard InChI is InChI=1S/C16H18F2N2O2/c1-21-9-3-5-11(13(17)7-9)15(19)16(20)12-6-4-10(22-2)8-14(12)18/h3-8,15-16H,19-20H2,1-2H3. The summed E-state index contributed by atoms with van der Waals surface area (Å²) in [6.07, 6.45) is 0. The molecule has 4 N–H and O–H groups in total. The topological polar surface area (TPSA) is 70.5 Å². The maximum Gasteiger partial charge on any atom is 0.131 e. The molecular weight excluding hydrogens is 290 g/mol. The van der Waals surface area contributed by atoms with Gasteiger partial charge in [0.1, 0.15) is 23.1 Å². The Bertz CT molecular complexity index is 607. The van der Waals surface area contributed by atoms with Crippen LogP contribution in [0.15, 0.2) is 36.4 Å². The van der Waals surface area contributed by atoms with E-state index < -0.39 is 23.7 Å². The average Bonchev–Trinajstić information content (AvgIpc) is 2.53. The SMILES string of the molecule is COc1ccc(C(N)C(N)c2ccc(OC)cc2F)c(F)c1. The molecule has 2 aromatic carbocycles. The van der Waals surface area contributed by atoms with Crippen molar-refractivity contribution in [2.24, 2.45) is 11.5 Å². The number of hydrogen-bond donors (Lipinski definition) is 2. The van der Waals surface area contributed by atoms with Crippen LogP contribution in [-0.4, -0.2) is 14.2 Å². The van der Waals surface area contributed by atoms with Crippen molar-refractivity contribution in [3.63, 3.8) is 0 Å². The molecule has 0 amide bonds. The smallest absolute Gasteiger partial charge is 0.131 e. The Labute approximate surface area is 127 Å². The van der Waals surface area contributed by atoms with Crippen molar-refractivity contribution < 1.29 is 18.3 Å². The van der Waals surface area contributed by atoms with Gasteiger partial charge in [0.15, 0.2) is 0 Å². The highest BCUT2D eigenvalue weighted by Crippen LogP contribution is 2.30. The van der Waals surface area contributed by atoms with E-state index in [1.165, 1.54) is 38.5 Å². The molecule has 0 aliphatic carbocycles. The molecule has 0 aliphatic heterocycles. The fourth-order valence-electron chi connectivity index (χ4n) is 2.20. The predicted octanol–water partition coefficient (Wildman–Crippen LogP) is 2.68. The van der Waals surface area contributed by atoms with Crippen LogP contribution in [-0.2, 0) is 0 Å². The third-order valence-electron chi connectivity index (χ3n) is 3.52. The lowest BCUT2D eigenvalue weighted by atomic mass is 9.94. The largest absolute Gasteiger partial charge is 0.497 e. The van der Waals surface area contributed by atoms with Crippen molar-refractivity contribution in [1.29, 1.82) is 0 Å². The van der Waals surface area contributed by atoms with E-state index in [2.05, 4.69) is 0 Å². The molecule has 4 nitrogen and oxygen atoms in total. The summed E-state index contributed by atoms with van der Waals surface area (Å²) < 4.78 is 38.0. The molecule has 0 aromatic heterocycles. The first kappa shape index (κ1) is 16.2. The van der Waals surface area contributed by atoms with Gasteiger partial charge in [-0.25, -0.2) is 8.78 Å². The van der Waals surface area contributed by atoms with Gasteiger partial charge in [0.2, 0.25) is 0 Å². The van der Waals surface area contributed by atoms with Crippen LogP contribution in [0.4, 0.5) is 8.78 Å². The van der Waals surface area contributed by atoms with Gasteiger partial charge in [-0.3, -0.25) is 0 Å². The van der Waals surface area contributed by atoms with Crippen molar-refractivity contribution >= 4 is 0 Å². The van der Waals surface area contributed by atoms with Gasteiger partial charge in [-0.1, -0.05) is 12.1 Å². The molecule has 0 spiro atoms. The summed E-state index contributed by atoms with van der Waals surface area (Å²) in [6, 6.07) is 6.77. The van der Waals surface area contributed by atoms with Crippen LogP contribution in [0.3, 0.4) is 0 Å². The first-order valence-electron chi connectivity index (χ1n) is 6.66. The molecule has 2 rings (SSSR count). The van der Waals surface area contributed by atoms with Gasteiger partial charge in [0.05, 0.1) is 26.3 Å². The Morgan fingerprint density at radius 3 is 1.41 bits per heavy atom. The first-order valence-corrected chi connectivity index (χ1v) is 6.66. The van der Waals surface area contributed by atoms with Gasteiger partial charge in [-0.05, 0) is 12.1 Å². The number of benzene rings is 2. The second kappa shape index (κ2) is 6.72. The van der Waals surface area contributed by atoms with Crippen LogP contribution in [0.2, 0.25) is 0 Å². The molecular formula is C16H18F2N2O2. The van der Waals surface area contributed by atoms with E-state index in [0.717, 1.165) is 0 Å². The maximum atomic E-state index is 14.1. The summed E-state index contributed by atoms with van der Waals surface area (Å²) >= 11 is 0. The molecule has 0 heterocycles. The third kappa shape index (κ3) is 3.18. The minimum absolute atomic E-state index is 0.198. The van der Waals surface area contributed by atoms with Crippen LogP contribution in [0.5, 0.6) is 11.5 Å². The summed E-state index contributed by atoms with van der Waals surface area (Å²) in [5.74, 6) is -0.345. The highest BCUT2D eigenvalue weighted by molar-refractivity contribution is 5.35. The number of hydrogen-bond acceptors (Lipinski definition) is 4. The van der Waals surface area contributed by atoms with E-state index in [9.17, 15) is 8.78 Å². The Hall–Kier alpha value is -2.18. The van der Waals surface area contributed by atoms with Crippen LogP contribution >= 0.6 is 0 Å². The first-order chi connectivity index (χ1) is 10.5. The fourth-order valence-corrected chi connectivity index (χ4v) is 2.20. The molecule has 6 heteroatoms. The van der Waals surface area contributed by atoms with Crippen molar-refractivity contribution in [2.45, 2.75) is 12.1 Å². The van der Waals surface area contributed by atoms with Crippen LogP contribution in [0, 0.1) is 11.6 Å². The Balaban J connectivity index is 2.30. The van der Waals surface area contributed by atoms with Gasteiger partial charge in [-0.15, -0.1) is 0 Å².